The summed E-state index contributed by atoms with van der Waals surface area (Å²) in [6.07, 6.45) is 7.49. The van der Waals surface area contributed by atoms with E-state index in [1.54, 1.807) is 0 Å². The summed E-state index contributed by atoms with van der Waals surface area (Å²) in [6, 6.07) is 1.49. The predicted octanol–water partition coefficient (Wildman–Crippen LogP) is 2.31. The second kappa shape index (κ2) is 7.73. The van der Waals surface area contributed by atoms with Gasteiger partial charge in [-0.2, -0.15) is 11.8 Å². The van der Waals surface area contributed by atoms with E-state index in [1.807, 2.05) is 11.8 Å². The van der Waals surface area contributed by atoms with Crippen molar-refractivity contribution in [2.45, 2.75) is 63.3 Å². The molecule has 21 heavy (non-hydrogen) atoms. The molecule has 2 aliphatic rings. The minimum absolute atomic E-state index is 0.206. The molecule has 0 atom stereocenters. The van der Waals surface area contributed by atoms with Crippen LogP contribution in [0.1, 0.15) is 46.5 Å². The number of nitrogens with one attached hydrogen (secondary N) is 2. The van der Waals surface area contributed by atoms with Gasteiger partial charge >= 0.3 is 0 Å². The van der Waals surface area contributed by atoms with Crippen molar-refractivity contribution in [3.8, 4) is 0 Å². The van der Waals surface area contributed by atoms with E-state index in [0.717, 1.165) is 25.1 Å². The third-order valence-corrected chi connectivity index (χ3v) is 5.68. The van der Waals surface area contributed by atoms with E-state index >= 15 is 0 Å². The molecule has 4 nitrogen and oxygen atoms in total. The lowest BCUT2D eigenvalue weighted by molar-refractivity contribution is 0.197. The maximum atomic E-state index is 4.78. The molecule has 0 bridgehead atoms. The van der Waals surface area contributed by atoms with E-state index in [9.17, 15) is 0 Å². The third-order valence-electron chi connectivity index (χ3n) is 4.45. The maximum absolute atomic E-state index is 4.78. The highest BCUT2D eigenvalue weighted by Gasteiger charge is 2.31. The highest BCUT2D eigenvalue weighted by atomic mass is 32.2. The van der Waals surface area contributed by atoms with Gasteiger partial charge < -0.3 is 15.5 Å². The van der Waals surface area contributed by atoms with Gasteiger partial charge in [0.15, 0.2) is 5.96 Å². The molecule has 1 saturated heterocycles. The van der Waals surface area contributed by atoms with Crippen LogP contribution in [0.5, 0.6) is 0 Å². The second-order valence-corrected chi connectivity index (χ2v) is 8.36. The van der Waals surface area contributed by atoms with Gasteiger partial charge in [-0.05, 0) is 52.7 Å². The fraction of sp³-hybridized carbons (Fsp3) is 0.938. The number of nitrogens with zero attached hydrogens (tertiary/aromatic N) is 2. The summed E-state index contributed by atoms with van der Waals surface area (Å²) in [4.78, 5) is 7.44. The Hall–Kier alpha value is -0.420. The molecule has 0 aromatic carbocycles. The summed E-state index contributed by atoms with van der Waals surface area (Å²) in [5, 5.41) is 7.03. The lowest BCUT2D eigenvalue weighted by Gasteiger charge is -2.33. The SMILES string of the molecule is CCNC(=NCC(C)(C)SC)NC1CCN(C2CC2)CC1. The summed E-state index contributed by atoms with van der Waals surface area (Å²) in [5.41, 5.74) is 0. The highest BCUT2D eigenvalue weighted by molar-refractivity contribution is 7.99. The van der Waals surface area contributed by atoms with Crippen LogP contribution < -0.4 is 10.6 Å². The van der Waals surface area contributed by atoms with Crippen LogP contribution in [-0.2, 0) is 0 Å². The Labute approximate surface area is 134 Å². The van der Waals surface area contributed by atoms with Gasteiger partial charge in [0.25, 0.3) is 0 Å². The van der Waals surface area contributed by atoms with Crippen LogP contribution >= 0.6 is 11.8 Å². The van der Waals surface area contributed by atoms with E-state index in [2.05, 4.69) is 42.6 Å². The average Bonchev–Trinajstić information content (AvgIpc) is 3.31. The van der Waals surface area contributed by atoms with Crippen molar-refractivity contribution in [2.24, 2.45) is 4.99 Å². The van der Waals surface area contributed by atoms with Crippen LogP contribution in [0.3, 0.4) is 0 Å². The molecule has 0 aromatic heterocycles. The van der Waals surface area contributed by atoms with Gasteiger partial charge in [0.1, 0.15) is 0 Å². The van der Waals surface area contributed by atoms with Crippen LogP contribution in [0, 0.1) is 0 Å². The Kier molecular flexibility index (Phi) is 6.23. The van der Waals surface area contributed by atoms with Crippen molar-refractivity contribution < 1.29 is 0 Å². The fourth-order valence-electron chi connectivity index (χ4n) is 2.70. The van der Waals surface area contributed by atoms with Gasteiger partial charge in [0, 0.05) is 36.5 Å². The van der Waals surface area contributed by atoms with E-state index in [4.69, 9.17) is 4.99 Å². The Balaban J connectivity index is 1.80. The number of aliphatic imine (C=N–C) groups is 1. The van der Waals surface area contributed by atoms with E-state index < -0.39 is 0 Å². The quantitative estimate of drug-likeness (QED) is 0.583. The van der Waals surface area contributed by atoms with Crippen molar-refractivity contribution in [3.05, 3.63) is 0 Å². The first-order valence-corrected chi connectivity index (χ1v) is 9.60. The second-order valence-electron chi connectivity index (χ2n) is 6.84. The smallest absolute Gasteiger partial charge is 0.191 e. The van der Waals surface area contributed by atoms with Gasteiger partial charge in [0.05, 0.1) is 6.54 Å². The molecule has 2 fully saturated rings. The zero-order chi connectivity index (χ0) is 15.3. The summed E-state index contributed by atoms with van der Waals surface area (Å²) in [5.74, 6) is 0.990. The number of guanidine groups is 1. The van der Waals surface area contributed by atoms with Crippen molar-refractivity contribution >= 4 is 17.7 Å². The standard InChI is InChI=1S/C16H32N4S/c1-5-17-15(18-12-16(2,3)21-4)19-13-8-10-20(11-9-13)14-6-7-14/h13-14H,5-12H2,1-4H3,(H2,17,18,19). The van der Waals surface area contributed by atoms with Crippen LogP contribution in [0.4, 0.5) is 0 Å². The van der Waals surface area contributed by atoms with Crippen molar-refractivity contribution in [1.82, 2.24) is 15.5 Å². The Bertz CT molecular complexity index is 344. The van der Waals surface area contributed by atoms with Crippen LogP contribution in [0.2, 0.25) is 0 Å². The normalized spacial score (nSPS) is 22.4. The first kappa shape index (κ1) is 16.9. The van der Waals surface area contributed by atoms with Gasteiger partial charge in [-0.1, -0.05) is 0 Å². The maximum Gasteiger partial charge on any atom is 0.191 e. The van der Waals surface area contributed by atoms with Crippen LogP contribution in [-0.4, -0.2) is 60.1 Å². The molecule has 0 spiro atoms. The summed E-state index contributed by atoms with van der Waals surface area (Å²) in [7, 11) is 0. The van der Waals surface area contributed by atoms with Crippen molar-refractivity contribution in [3.63, 3.8) is 0 Å². The molecular weight excluding hydrogens is 280 g/mol. The molecule has 1 heterocycles. The predicted molar refractivity (Wildman–Crippen MR) is 94.3 cm³/mol. The third kappa shape index (κ3) is 5.70. The van der Waals surface area contributed by atoms with E-state index in [1.165, 1.54) is 38.8 Å². The Morgan fingerprint density at radius 2 is 1.90 bits per heavy atom. The number of likely N-dealkylation sites (tertiary alicyclic amines) is 1. The number of thioether (sulfide) groups is 1. The topological polar surface area (TPSA) is 39.7 Å². The van der Waals surface area contributed by atoms with Crippen LogP contribution in [0.25, 0.3) is 0 Å². The molecule has 1 saturated carbocycles. The zero-order valence-corrected chi connectivity index (χ0v) is 14.9. The lowest BCUT2D eigenvalue weighted by Crippen LogP contribution is -2.49. The number of piperidine rings is 1. The van der Waals surface area contributed by atoms with E-state index in [-0.39, 0.29) is 4.75 Å². The Morgan fingerprint density at radius 1 is 1.24 bits per heavy atom. The Morgan fingerprint density at radius 3 is 2.43 bits per heavy atom. The number of hydrogen-bond donors (Lipinski definition) is 2. The summed E-state index contributed by atoms with van der Waals surface area (Å²) >= 11 is 1.87. The zero-order valence-electron chi connectivity index (χ0n) is 14.1. The molecule has 1 aliphatic carbocycles. The molecular formula is C16H32N4S. The first-order chi connectivity index (χ1) is 10.0. The largest absolute Gasteiger partial charge is 0.357 e. The molecule has 2 rings (SSSR count). The fourth-order valence-corrected chi connectivity index (χ4v) is 2.89. The molecule has 1 aliphatic heterocycles. The van der Waals surface area contributed by atoms with Gasteiger partial charge in [-0.25, -0.2) is 0 Å². The lowest BCUT2D eigenvalue weighted by atomic mass is 10.1. The van der Waals surface area contributed by atoms with Crippen LogP contribution in [0.15, 0.2) is 4.99 Å². The van der Waals surface area contributed by atoms with Gasteiger partial charge in [-0.3, -0.25) is 4.99 Å². The molecule has 0 unspecified atom stereocenters. The van der Waals surface area contributed by atoms with Crippen molar-refractivity contribution in [1.29, 1.82) is 0 Å². The summed E-state index contributed by atoms with van der Waals surface area (Å²) < 4.78 is 0.206. The van der Waals surface area contributed by atoms with Crippen molar-refractivity contribution in [2.75, 3.05) is 32.4 Å². The monoisotopic (exact) mass is 312 g/mol. The number of hydrogen-bond acceptors (Lipinski definition) is 3. The molecule has 2 N–H and O–H groups in total. The number of rotatable bonds is 6. The average molecular weight is 313 g/mol. The minimum atomic E-state index is 0.206. The molecule has 5 heteroatoms. The summed E-state index contributed by atoms with van der Waals surface area (Å²) in [6.45, 7) is 10.9. The van der Waals surface area contributed by atoms with Gasteiger partial charge in [-0.15, -0.1) is 0 Å². The molecule has 0 amide bonds. The minimum Gasteiger partial charge on any atom is -0.357 e. The molecule has 0 aromatic rings. The highest BCUT2D eigenvalue weighted by Crippen LogP contribution is 2.29. The first-order valence-electron chi connectivity index (χ1n) is 8.38. The molecule has 0 radical (unpaired) electrons. The van der Waals surface area contributed by atoms with E-state index in [0.29, 0.717) is 6.04 Å². The van der Waals surface area contributed by atoms with Gasteiger partial charge in [0.2, 0.25) is 0 Å². The molecule has 122 valence electrons.